The average molecular weight is 489 g/mol. The van der Waals surface area contributed by atoms with E-state index in [1.807, 2.05) is 36.4 Å². The Kier molecular flexibility index (Phi) is 9.05. The van der Waals surface area contributed by atoms with Gasteiger partial charge in [-0.3, -0.25) is 0 Å². The molecule has 3 nitrogen and oxygen atoms in total. The Hall–Kier alpha value is -2.93. The number of esters is 1. The fourth-order valence-electron chi connectivity index (χ4n) is 3.36. The van der Waals surface area contributed by atoms with Crippen molar-refractivity contribution in [1.29, 1.82) is 0 Å². The molecule has 0 atom stereocenters. The molecule has 0 radical (unpaired) electrons. The van der Waals surface area contributed by atoms with Gasteiger partial charge in [-0.15, -0.1) is 11.8 Å². The quantitative estimate of drug-likeness (QED) is 0.218. The van der Waals surface area contributed by atoms with Crippen molar-refractivity contribution in [1.82, 2.24) is 0 Å². The minimum absolute atomic E-state index is 0.118. The third-order valence-electron chi connectivity index (χ3n) is 5.31. The summed E-state index contributed by atoms with van der Waals surface area (Å²) in [5.41, 5.74) is 3.14. The fraction of sp³-hybridized carbons (Fsp3) is 0.296. The van der Waals surface area contributed by atoms with Crippen LogP contribution in [-0.2, 0) is 27.9 Å². The van der Waals surface area contributed by atoms with Crippen LogP contribution >= 0.6 is 11.8 Å². The van der Waals surface area contributed by atoms with Gasteiger partial charge in [0.05, 0.1) is 12.7 Å². The number of methoxy groups -OCH3 is 1. The van der Waals surface area contributed by atoms with Crippen molar-refractivity contribution in [3.8, 4) is 16.9 Å². The number of carbonyl (C=O) groups is 1. The number of unbranched alkanes of at least 4 members (excludes halogenated alkanes) is 1. The molecular weight excluding hydrogens is 461 g/mol. The van der Waals surface area contributed by atoms with E-state index in [1.165, 1.54) is 19.2 Å². The minimum atomic E-state index is -4.33. The van der Waals surface area contributed by atoms with Crippen molar-refractivity contribution < 1.29 is 27.4 Å². The van der Waals surface area contributed by atoms with Gasteiger partial charge in [-0.1, -0.05) is 49.7 Å². The summed E-state index contributed by atoms with van der Waals surface area (Å²) in [5, 5.41) is 0. The summed E-state index contributed by atoms with van der Waals surface area (Å²) in [6.45, 7) is 2.01. The highest BCUT2D eigenvalue weighted by molar-refractivity contribution is 7.98. The molecule has 0 aromatic heterocycles. The number of carbonyl (C=O) groups excluding carboxylic acids is 1. The van der Waals surface area contributed by atoms with Crippen molar-refractivity contribution in [2.75, 3.05) is 13.7 Å². The summed E-state index contributed by atoms with van der Waals surface area (Å²) in [5.74, 6) is 1.03. The highest BCUT2D eigenvalue weighted by atomic mass is 32.2. The molecule has 0 N–H and O–H groups in total. The molecule has 0 aliphatic heterocycles. The molecule has 0 heterocycles. The lowest BCUT2D eigenvalue weighted by Gasteiger charge is -2.13. The summed E-state index contributed by atoms with van der Waals surface area (Å²) in [6.07, 6.45) is -1.39. The number of rotatable bonds is 10. The van der Waals surface area contributed by atoms with Gasteiger partial charge >= 0.3 is 12.1 Å². The first-order valence-corrected chi connectivity index (χ1v) is 12.0. The lowest BCUT2D eigenvalue weighted by atomic mass is 10.0. The van der Waals surface area contributed by atoms with Crippen LogP contribution in [-0.4, -0.2) is 19.7 Å². The van der Waals surface area contributed by atoms with Gasteiger partial charge in [0.1, 0.15) is 5.75 Å². The van der Waals surface area contributed by atoms with E-state index in [0.717, 1.165) is 64.3 Å². The summed E-state index contributed by atoms with van der Waals surface area (Å²) >= 11 is 1.69. The van der Waals surface area contributed by atoms with Crippen molar-refractivity contribution in [2.24, 2.45) is 0 Å². The third-order valence-corrected chi connectivity index (χ3v) is 6.37. The molecule has 0 saturated heterocycles. The topological polar surface area (TPSA) is 35.5 Å². The molecule has 0 saturated carbocycles. The van der Waals surface area contributed by atoms with Crippen LogP contribution in [0.25, 0.3) is 11.1 Å². The molecular formula is C27H27F3O3S. The van der Waals surface area contributed by atoms with E-state index in [1.54, 1.807) is 11.8 Å². The van der Waals surface area contributed by atoms with Gasteiger partial charge in [0, 0.05) is 10.6 Å². The van der Waals surface area contributed by atoms with Crippen LogP contribution in [0.3, 0.4) is 0 Å². The van der Waals surface area contributed by atoms with Crippen LogP contribution in [0.5, 0.6) is 5.75 Å². The Bertz CT molecular complexity index is 1080. The van der Waals surface area contributed by atoms with Gasteiger partial charge in [0.2, 0.25) is 0 Å². The zero-order valence-electron chi connectivity index (χ0n) is 19.2. The second-order valence-corrected chi connectivity index (χ2v) is 8.85. The van der Waals surface area contributed by atoms with E-state index in [2.05, 4.69) is 17.7 Å². The van der Waals surface area contributed by atoms with Crippen LogP contribution in [0.2, 0.25) is 0 Å². The maximum Gasteiger partial charge on any atom is 0.416 e. The molecule has 3 aromatic carbocycles. The molecule has 0 spiro atoms. The number of alkyl halides is 3. The lowest BCUT2D eigenvalue weighted by molar-refractivity contribution is -0.143. The summed E-state index contributed by atoms with van der Waals surface area (Å²) < 4.78 is 48.6. The first-order chi connectivity index (χ1) is 16.3. The predicted octanol–water partition coefficient (Wildman–Crippen LogP) is 7.56. The zero-order valence-corrected chi connectivity index (χ0v) is 20.0. The van der Waals surface area contributed by atoms with E-state index in [-0.39, 0.29) is 6.61 Å². The second kappa shape index (κ2) is 12.0. The molecule has 0 amide bonds. The third kappa shape index (κ3) is 7.29. The lowest BCUT2D eigenvalue weighted by Crippen LogP contribution is -2.13. The summed E-state index contributed by atoms with van der Waals surface area (Å²) in [4.78, 5) is 12.5. The van der Waals surface area contributed by atoms with E-state index in [0.29, 0.717) is 5.75 Å². The number of hydrogen-bond donors (Lipinski definition) is 0. The molecule has 0 fully saturated rings. The number of hydrogen-bond acceptors (Lipinski definition) is 4. The molecule has 3 aromatic rings. The maximum absolute atomic E-state index is 12.8. The monoisotopic (exact) mass is 488 g/mol. The Morgan fingerprint density at radius 2 is 1.59 bits per heavy atom. The molecule has 0 aliphatic rings. The van der Waals surface area contributed by atoms with Crippen LogP contribution in [0.15, 0.2) is 71.6 Å². The highest BCUT2D eigenvalue weighted by Crippen LogP contribution is 2.32. The fourth-order valence-corrected chi connectivity index (χ4v) is 4.27. The molecule has 34 heavy (non-hydrogen) atoms. The first-order valence-electron chi connectivity index (χ1n) is 11.0. The van der Waals surface area contributed by atoms with Crippen molar-refractivity contribution >= 4 is 17.7 Å². The Morgan fingerprint density at radius 3 is 2.18 bits per heavy atom. The summed E-state index contributed by atoms with van der Waals surface area (Å²) in [6, 6.07) is 19.0. The van der Waals surface area contributed by atoms with Crippen LogP contribution in [0.1, 0.15) is 36.5 Å². The normalized spacial score (nSPS) is 11.3. The van der Waals surface area contributed by atoms with Gasteiger partial charge in [0.15, 0.2) is 6.61 Å². The van der Waals surface area contributed by atoms with Gasteiger partial charge in [0.25, 0.3) is 0 Å². The van der Waals surface area contributed by atoms with Crippen LogP contribution < -0.4 is 4.74 Å². The Morgan fingerprint density at radius 1 is 0.941 bits per heavy atom. The number of ether oxygens (including phenoxy) is 2. The average Bonchev–Trinajstić information content (AvgIpc) is 2.85. The van der Waals surface area contributed by atoms with Crippen molar-refractivity contribution in [3.63, 3.8) is 0 Å². The Labute approximate surface area is 202 Å². The molecule has 3 rings (SSSR count). The summed E-state index contributed by atoms with van der Waals surface area (Å²) in [7, 11) is 1.33. The SMILES string of the molecule is CCCCc1cc(SCc2ccc(-c3ccc(C(F)(F)F)cc3)cc2)ccc1OCC(=O)OC. The van der Waals surface area contributed by atoms with Gasteiger partial charge < -0.3 is 9.47 Å². The van der Waals surface area contributed by atoms with Gasteiger partial charge in [-0.2, -0.15) is 13.2 Å². The smallest absolute Gasteiger partial charge is 0.416 e. The predicted molar refractivity (Wildman–Crippen MR) is 129 cm³/mol. The van der Waals surface area contributed by atoms with Crippen LogP contribution in [0.4, 0.5) is 13.2 Å². The maximum atomic E-state index is 12.8. The minimum Gasteiger partial charge on any atom is -0.482 e. The molecule has 0 bridgehead atoms. The molecule has 180 valence electrons. The molecule has 0 aliphatic carbocycles. The standard InChI is InChI=1S/C27H27F3O3S/c1-3-4-5-22-16-24(14-15-25(22)33-17-26(31)32-2)34-18-19-6-8-20(9-7-19)21-10-12-23(13-11-21)27(28,29)30/h6-16H,3-5,17-18H2,1-2H3. The number of thioether (sulfide) groups is 1. The van der Waals surface area contributed by atoms with Gasteiger partial charge in [-0.25, -0.2) is 4.79 Å². The zero-order chi connectivity index (χ0) is 24.6. The van der Waals surface area contributed by atoms with Crippen molar-refractivity contribution in [2.45, 2.75) is 43.0 Å². The highest BCUT2D eigenvalue weighted by Gasteiger charge is 2.29. The molecule has 0 unspecified atom stereocenters. The largest absolute Gasteiger partial charge is 0.482 e. The first kappa shape index (κ1) is 25.7. The van der Waals surface area contributed by atoms with E-state index < -0.39 is 17.7 Å². The number of halogens is 3. The Balaban J connectivity index is 1.64. The molecule has 7 heteroatoms. The van der Waals surface area contributed by atoms with Crippen molar-refractivity contribution in [3.05, 3.63) is 83.4 Å². The second-order valence-electron chi connectivity index (χ2n) is 7.80. The van der Waals surface area contributed by atoms with E-state index >= 15 is 0 Å². The van der Waals surface area contributed by atoms with E-state index in [9.17, 15) is 18.0 Å². The number of benzene rings is 3. The van der Waals surface area contributed by atoms with Crippen LogP contribution in [0, 0.1) is 0 Å². The number of aryl methyl sites for hydroxylation is 1. The van der Waals surface area contributed by atoms with Gasteiger partial charge in [-0.05, 0) is 65.4 Å². The van der Waals surface area contributed by atoms with E-state index in [4.69, 9.17) is 4.74 Å².